The molecule has 4 rings (SSSR count). The molecule has 0 saturated carbocycles. The standard InChI is InChI=1S/C22H22ClN3O2/c1-15-6-7-17(12-16(15)2)20-14-21(22(27)25-8-10-28-11-9-25)26(24-20)19-5-3-4-18(23)13-19/h3-7,12-14H,8-11H2,1-2H3. The van der Waals surface area contributed by atoms with Crippen LogP contribution in [0.2, 0.25) is 5.02 Å². The van der Waals surface area contributed by atoms with Crippen LogP contribution in [0.1, 0.15) is 21.6 Å². The molecule has 1 aliphatic heterocycles. The molecule has 28 heavy (non-hydrogen) atoms. The number of aromatic nitrogens is 2. The third-order valence-electron chi connectivity index (χ3n) is 5.08. The van der Waals surface area contributed by atoms with Crippen molar-refractivity contribution in [3.05, 3.63) is 70.4 Å². The van der Waals surface area contributed by atoms with Crippen molar-refractivity contribution >= 4 is 17.5 Å². The van der Waals surface area contributed by atoms with Gasteiger partial charge in [0.2, 0.25) is 0 Å². The number of morpholine rings is 1. The predicted molar refractivity (Wildman–Crippen MR) is 110 cm³/mol. The topological polar surface area (TPSA) is 47.4 Å². The van der Waals surface area contributed by atoms with Crippen molar-refractivity contribution in [2.24, 2.45) is 0 Å². The largest absolute Gasteiger partial charge is 0.378 e. The normalized spacial score (nSPS) is 14.3. The molecule has 144 valence electrons. The van der Waals surface area contributed by atoms with Gasteiger partial charge in [0.1, 0.15) is 5.69 Å². The Balaban J connectivity index is 1.81. The molecular formula is C22H22ClN3O2. The van der Waals surface area contributed by atoms with Gasteiger partial charge < -0.3 is 9.64 Å². The average Bonchev–Trinajstić information content (AvgIpc) is 3.15. The Labute approximate surface area is 169 Å². The number of ether oxygens (including phenoxy) is 1. The summed E-state index contributed by atoms with van der Waals surface area (Å²) in [6.45, 7) is 6.43. The number of carbonyl (C=O) groups is 1. The van der Waals surface area contributed by atoms with Gasteiger partial charge in [-0.2, -0.15) is 5.10 Å². The Bertz CT molecular complexity index is 1020. The second-order valence-electron chi connectivity index (χ2n) is 7.01. The predicted octanol–water partition coefficient (Wildman–Crippen LogP) is 4.28. The van der Waals surface area contributed by atoms with Gasteiger partial charge in [-0.3, -0.25) is 4.79 Å². The Morgan fingerprint density at radius 1 is 1.04 bits per heavy atom. The van der Waals surface area contributed by atoms with E-state index in [0.717, 1.165) is 16.9 Å². The summed E-state index contributed by atoms with van der Waals surface area (Å²) in [4.78, 5) is 15.0. The van der Waals surface area contributed by atoms with E-state index >= 15 is 0 Å². The van der Waals surface area contributed by atoms with Crippen LogP contribution >= 0.6 is 11.6 Å². The van der Waals surface area contributed by atoms with E-state index in [9.17, 15) is 4.79 Å². The SMILES string of the molecule is Cc1ccc(-c2cc(C(=O)N3CCOCC3)n(-c3cccc(Cl)c3)n2)cc1C. The van der Waals surface area contributed by atoms with E-state index in [1.54, 1.807) is 4.68 Å². The number of hydrogen-bond acceptors (Lipinski definition) is 3. The van der Waals surface area contributed by atoms with Gasteiger partial charge in [0.15, 0.2) is 0 Å². The number of amides is 1. The van der Waals surface area contributed by atoms with Gasteiger partial charge in [-0.25, -0.2) is 4.68 Å². The molecule has 0 bridgehead atoms. The van der Waals surface area contributed by atoms with Crippen molar-refractivity contribution < 1.29 is 9.53 Å². The second-order valence-corrected chi connectivity index (χ2v) is 7.45. The van der Waals surface area contributed by atoms with Crippen LogP contribution < -0.4 is 0 Å². The van der Waals surface area contributed by atoms with Crippen LogP contribution in [0.25, 0.3) is 16.9 Å². The first-order chi connectivity index (χ1) is 13.5. The van der Waals surface area contributed by atoms with Gasteiger partial charge in [-0.15, -0.1) is 0 Å². The maximum absolute atomic E-state index is 13.2. The monoisotopic (exact) mass is 395 g/mol. The highest BCUT2D eigenvalue weighted by Crippen LogP contribution is 2.26. The smallest absolute Gasteiger partial charge is 0.272 e. The maximum atomic E-state index is 13.2. The minimum atomic E-state index is -0.0501. The number of benzene rings is 2. The zero-order chi connectivity index (χ0) is 19.7. The Morgan fingerprint density at radius 2 is 1.82 bits per heavy atom. The van der Waals surface area contributed by atoms with Crippen LogP contribution in [0.3, 0.4) is 0 Å². The third kappa shape index (κ3) is 3.68. The van der Waals surface area contributed by atoms with E-state index in [1.807, 2.05) is 41.3 Å². The molecule has 1 aliphatic rings. The molecule has 2 heterocycles. The average molecular weight is 396 g/mol. The Kier molecular flexibility index (Phi) is 5.20. The molecule has 1 amide bonds. The van der Waals surface area contributed by atoms with Crippen LogP contribution in [0.4, 0.5) is 0 Å². The number of halogens is 1. The molecular weight excluding hydrogens is 374 g/mol. The van der Waals surface area contributed by atoms with Gasteiger partial charge >= 0.3 is 0 Å². The summed E-state index contributed by atoms with van der Waals surface area (Å²) in [5, 5.41) is 5.36. The van der Waals surface area contributed by atoms with Crippen LogP contribution in [0, 0.1) is 13.8 Å². The van der Waals surface area contributed by atoms with Crippen LogP contribution in [0.5, 0.6) is 0 Å². The fourth-order valence-corrected chi connectivity index (χ4v) is 3.49. The zero-order valence-corrected chi connectivity index (χ0v) is 16.7. The lowest BCUT2D eigenvalue weighted by molar-refractivity contribution is 0.0297. The first kappa shape index (κ1) is 18.7. The fourth-order valence-electron chi connectivity index (χ4n) is 3.31. The number of nitrogens with zero attached hydrogens (tertiary/aromatic N) is 3. The molecule has 1 fully saturated rings. The summed E-state index contributed by atoms with van der Waals surface area (Å²) in [6.07, 6.45) is 0. The van der Waals surface area contributed by atoms with Crippen molar-refractivity contribution in [3.8, 4) is 16.9 Å². The van der Waals surface area contributed by atoms with Gasteiger partial charge in [0, 0.05) is 23.7 Å². The molecule has 0 atom stereocenters. The first-order valence-electron chi connectivity index (χ1n) is 9.33. The molecule has 0 spiro atoms. The van der Waals surface area contributed by atoms with Gasteiger partial charge in [-0.1, -0.05) is 29.8 Å². The lowest BCUT2D eigenvalue weighted by Gasteiger charge is -2.26. The first-order valence-corrected chi connectivity index (χ1v) is 9.71. The van der Waals surface area contributed by atoms with E-state index in [1.165, 1.54) is 11.1 Å². The van der Waals surface area contributed by atoms with Crippen molar-refractivity contribution in [1.29, 1.82) is 0 Å². The number of carbonyl (C=O) groups excluding carboxylic acids is 1. The maximum Gasteiger partial charge on any atom is 0.272 e. The van der Waals surface area contributed by atoms with E-state index < -0.39 is 0 Å². The number of aryl methyl sites for hydroxylation is 2. The quantitative estimate of drug-likeness (QED) is 0.665. The lowest BCUT2D eigenvalue weighted by Crippen LogP contribution is -2.41. The lowest BCUT2D eigenvalue weighted by atomic mass is 10.0. The zero-order valence-electron chi connectivity index (χ0n) is 16.0. The van der Waals surface area contributed by atoms with Crippen LogP contribution in [0.15, 0.2) is 48.5 Å². The van der Waals surface area contributed by atoms with E-state index in [-0.39, 0.29) is 5.91 Å². The molecule has 3 aromatic rings. The van der Waals surface area contributed by atoms with Crippen LogP contribution in [-0.4, -0.2) is 46.9 Å². The highest BCUT2D eigenvalue weighted by Gasteiger charge is 2.24. The van der Waals surface area contributed by atoms with Gasteiger partial charge in [0.25, 0.3) is 5.91 Å². The molecule has 0 N–H and O–H groups in total. The Hall–Kier alpha value is -2.63. The summed E-state index contributed by atoms with van der Waals surface area (Å²) in [6, 6.07) is 15.5. The molecule has 5 nitrogen and oxygen atoms in total. The molecule has 1 aromatic heterocycles. The fraction of sp³-hybridized carbons (Fsp3) is 0.273. The summed E-state index contributed by atoms with van der Waals surface area (Å²) in [5.41, 5.74) is 5.45. The van der Waals surface area contributed by atoms with Gasteiger partial charge in [-0.05, 0) is 55.3 Å². The molecule has 0 unspecified atom stereocenters. The second kappa shape index (κ2) is 7.78. The summed E-state index contributed by atoms with van der Waals surface area (Å²) >= 11 is 6.18. The highest BCUT2D eigenvalue weighted by molar-refractivity contribution is 6.30. The Morgan fingerprint density at radius 3 is 2.54 bits per heavy atom. The van der Waals surface area contributed by atoms with Crippen molar-refractivity contribution in [1.82, 2.24) is 14.7 Å². The summed E-state index contributed by atoms with van der Waals surface area (Å²) in [7, 11) is 0. The summed E-state index contributed by atoms with van der Waals surface area (Å²) < 4.78 is 7.07. The highest BCUT2D eigenvalue weighted by atomic mass is 35.5. The number of rotatable bonds is 3. The van der Waals surface area contributed by atoms with Crippen molar-refractivity contribution in [2.45, 2.75) is 13.8 Å². The van der Waals surface area contributed by atoms with Crippen molar-refractivity contribution in [3.63, 3.8) is 0 Å². The van der Waals surface area contributed by atoms with Gasteiger partial charge in [0.05, 0.1) is 24.6 Å². The minimum absolute atomic E-state index is 0.0501. The number of hydrogen-bond donors (Lipinski definition) is 0. The van der Waals surface area contributed by atoms with Crippen molar-refractivity contribution in [2.75, 3.05) is 26.3 Å². The third-order valence-corrected chi connectivity index (χ3v) is 5.32. The molecule has 1 saturated heterocycles. The van der Waals surface area contributed by atoms with E-state index in [2.05, 4.69) is 26.0 Å². The van der Waals surface area contributed by atoms with E-state index in [0.29, 0.717) is 37.0 Å². The molecule has 2 aromatic carbocycles. The van der Waals surface area contributed by atoms with E-state index in [4.69, 9.17) is 21.4 Å². The minimum Gasteiger partial charge on any atom is -0.378 e. The summed E-state index contributed by atoms with van der Waals surface area (Å²) in [5.74, 6) is -0.0501. The molecule has 0 aliphatic carbocycles. The van der Waals surface area contributed by atoms with Crippen LogP contribution in [-0.2, 0) is 4.74 Å². The molecule has 0 radical (unpaired) electrons. The molecule has 6 heteroatoms.